The molecule has 2 heterocycles. The molecule has 1 aromatic rings. The first kappa shape index (κ1) is 14.5. The Bertz CT molecular complexity index is 540. The molecule has 3 rings (SSSR count). The summed E-state index contributed by atoms with van der Waals surface area (Å²) in [4.78, 5) is 14.5. The second-order valence-electron chi connectivity index (χ2n) is 5.78. The Hall–Kier alpha value is -1.42. The minimum absolute atomic E-state index is 0.0150. The highest BCUT2D eigenvalue weighted by Gasteiger charge is 2.32. The third kappa shape index (κ3) is 3.82. The summed E-state index contributed by atoms with van der Waals surface area (Å²) in [5.41, 5.74) is 0.545. The topological polar surface area (TPSA) is 68.2 Å². The number of carbonyl (C=O) groups excluding carboxylic acids is 1. The number of rotatable bonds is 6. The Labute approximate surface area is 128 Å². The Kier molecular flexibility index (Phi) is 4.54. The van der Waals surface area contributed by atoms with Gasteiger partial charge in [-0.15, -0.1) is 11.3 Å². The standard InChI is InChI=1S/C15H20N4OS/c16-8-11-5-7-21-15(11)18-14(20)10-19(13-3-4-13)9-12-2-1-6-17-12/h5,7,12-13,17H,1-4,6,9-10H2,(H,18,20). The van der Waals surface area contributed by atoms with Gasteiger partial charge in [0.1, 0.15) is 11.1 Å². The van der Waals surface area contributed by atoms with Crippen molar-refractivity contribution in [2.75, 3.05) is 25.0 Å². The highest BCUT2D eigenvalue weighted by atomic mass is 32.1. The van der Waals surface area contributed by atoms with Crippen molar-refractivity contribution in [3.63, 3.8) is 0 Å². The molecule has 2 aliphatic rings. The summed E-state index contributed by atoms with van der Waals surface area (Å²) in [6.07, 6.45) is 4.83. The van der Waals surface area contributed by atoms with Crippen LogP contribution >= 0.6 is 11.3 Å². The van der Waals surface area contributed by atoms with E-state index in [4.69, 9.17) is 5.26 Å². The highest BCUT2D eigenvalue weighted by molar-refractivity contribution is 7.14. The van der Waals surface area contributed by atoms with Gasteiger partial charge in [0.05, 0.1) is 12.1 Å². The lowest BCUT2D eigenvalue weighted by molar-refractivity contribution is -0.117. The van der Waals surface area contributed by atoms with Crippen LogP contribution in [0.15, 0.2) is 11.4 Å². The molecule has 21 heavy (non-hydrogen) atoms. The van der Waals surface area contributed by atoms with Crippen LogP contribution in [0.1, 0.15) is 31.2 Å². The summed E-state index contributed by atoms with van der Waals surface area (Å²) >= 11 is 1.40. The summed E-state index contributed by atoms with van der Waals surface area (Å²) in [5, 5.41) is 17.8. The average molecular weight is 304 g/mol. The summed E-state index contributed by atoms with van der Waals surface area (Å²) < 4.78 is 0. The number of amides is 1. The SMILES string of the molecule is N#Cc1ccsc1NC(=O)CN(CC1CCCN1)C1CC1. The third-order valence-corrected chi connectivity index (χ3v) is 4.90. The maximum atomic E-state index is 12.2. The van der Waals surface area contributed by atoms with E-state index in [0.717, 1.165) is 13.1 Å². The van der Waals surface area contributed by atoms with Gasteiger partial charge in [0.25, 0.3) is 0 Å². The summed E-state index contributed by atoms with van der Waals surface area (Å²) in [6.45, 7) is 2.47. The first-order valence-electron chi connectivity index (χ1n) is 7.51. The quantitative estimate of drug-likeness (QED) is 0.840. The molecule has 1 amide bonds. The Morgan fingerprint density at radius 3 is 3.05 bits per heavy atom. The normalized spacial score (nSPS) is 21.4. The molecule has 0 aromatic carbocycles. The number of nitrogens with one attached hydrogen (secondary N) is 2. The molecule has 1 saturated heterocycles. The lowest BCUT2D eigenvalue weighted by atomic mass is 10.2. The Balaban J connectivity index is 1.55. The minimum Gasteiger partial charge on any atom is -0.315 e. The van der Waals surface area contributed by atoms with Gasteiger partial charge in [0.15, 0.2) is 0 Å². The molecule has 5 nitrogen and oxygen atoms in total. The molecule has 2 fully saturated rings. The number of carbonyl (C=O) groups is 1. The van der Waals surface area contributed by atoms with E-state index in [2.05, 4.69) is 21.6 Å². The molecule has 1 atom stereocenters. The monoisotopic (exact) mass is 304 g/mol. The van der Waals surface area contributed by atoms with Crippen molar-refractivity contribution in [3.05, 3.63) is 17.0 Å². The van der Waals surface area contributed by atoms with Gasteiger partial charge < -0.3 is 10.6 Å². The zero-order chi connectivity index (χ0) is 14.7. The van der Waals surface area contributed by atoms with Crippen LogP contribution in [0.3, 0.4) is 0 Å². The summed E-state index contributed by atoms with van der Waals surface area (Å²) in [7, 11) is 0. The summed E-state index contributed by atoms with van der Waals surface area (Å²) in [6, 6.07) is 4.93. The molecule has 1 aliphatic heterocycles. The molecule has 112 valence electrons. The van der Waals surface area contributed by atoms with Crippen molar-refractivity contribution in [1.29, 1.82) is 5.26 Å². The molecule has 1 unspecified atom stereocenters. The van der Waals surface area contributed by atoms with Gasteiger partial charge in [-0.2, -0.15) is 5.26 Å². The zero-order valence-electron chi connectivity index (χ0n) is 12.0. The predicted octanol–water partition coefficient (Wildman–Crippen LogP) is 1.77. The van der Waals surface area contributed by atoms with Crippen molar-refractivity contribution in [2.45, 2.75) is 37.8 Å². The maximum absolute atomic E-state index is 12.2. The van der Waals surface area contributed by atoms with Crippen molar-refractivity contribution in [2.24, 2.45) is 0 Å². The van der Waals surface area contributed by atoms with Crippen LogP contribution in [0, 0.1) is 11.3 Å². The van der Waals surface area contributed by atoms with E-state index in [1.165, 1.54) is 37.0 Å². The summed E-state index contributed by atoms with van der Waals surface area (Å²) in [5.74, 6) is -0.0150. The van der Waals surface area contributed by atoms with E-state index >= 15 is 0 Å². The largest absolute Gasteiger partial charge is 0.315 e. The molecule has 6 heteroatoms. The number of nitrogens with zero attached hydrogens (tertiary/aromatic N) is 2. The van der Waals surface area contributed by atoms with E-state index in [9.17, 15) is 4.79 Å². The van der Waals surface area contributed by atoms with E-state index in [1.807, 2.05) is 5.38 Å². The van der Waals surface area contributed by atoms with Gasteiger partial charge in [-0.25, -0.2) is 0 Å². The van der Waals surface area contributed by atoms with Crippen LogP contribution in [0.4, 0.5) is 5.00 Å². The maximum Gasteiger partial charge on any atom is 0.239 e. The molecular weight excluding hydrogens is 284 g/mol. The van der Waals surface area contributed by atoms with Gasteiger partial charge in [-0.1, -0.05) is 0 Å². The van der Waals surface area contributed by atoms with E-state index in [-0.39, 0.29) is 5.91 Å². The van der Waals surface area contributed by atoms with Gasteiger partial charge in [0, 0.05) is 18.6 Å². The average Bonchev–Trinajstić information content (AvgIpc) is 3.01. The van der Waals surface area contributed by atoms with E-state index in [0.29, 0.717) is 29.2 Å². The fraction of sp³-hybridized carbons (Fsp3) is 0.600. The third-order valence-electron chi connectivity index (χ3n) is 4.07. The van der Waals surface area contributed by atoms with Crippen LogP contribution in [0.2, 0.25) is 0 Å². The lowest BCUT2D eigenvalue weighted by Gasteiger charge is -2.24. The van der Waals surface area contributed by atoms with Gasteiger partial charge >= 0.3 is 0 Å². The Morgan fingerprint density at radius 1 is 1.52 bits per heavy atom. The molecule has 1 saturated carbocycles. The molecule has 2 N–H and O–H groups in total. The fourth-order valence-corrected chi connectivity index (χ4v) is 3.58. The second-order valence-corrected chi connectivity index (χ2v) is 6.69. The minimum atomic E-state index is -0.0150. The first-order valence-corrected chi connectivity index (χ1v) is 8.39. The number of anilines is 1. The van der Waals surface area contributed by atoms with Gasteiger partial charge in [0.2, 0.25) is 5.91 Å². The number of hydrogen-bond donors (Lipinski definition) is 2. The van der Waals surface area contributed by atoms with Gasteiger partial charge in [-0.3, -0.25) is 9.69 Å². The van der Waals surface area contributed by atoms with E-state index in [1.54, 1.807) is 6.07 Å². The second kappa shape index (κ2) is 6.56. The molecule has 1 aromatic heterocycles. The van der Waals surface area contributed by atoms with Crippen LogP contribution in [0.25, 0.3) is 0 Å². The molecule has 1 aliphatic carbocycles. The van der Waals surface area contributed by atoms with Crippen LogP contribution in [-0.4, -0.2) is 42.5 Å². The molecule has 0 spiro atoms. The van der Waals surface area contributed by atoms with Crippen LogP contribution < -0.4 is 10.6 Å². The fourth-order valence-electron chi connectivity index (χ4n) is 2.82. The molecular formula is C15H20N4OS. The van der Waals surface area contributed by atoms with Crippen LogP contribution in [0.5, 0.6) is 0 Å². The van der Waals surface area contributed by atoms with Crippen molar-refractivity contribution in [3.8, 4) is 6.07 Å². The number of hydrogen-bond acceptors (Lipinski definition) is 5. The number of thiophene rings is 1. The highest BCUT2D eigenvalue weighted by Crippen LogP contribution is 2.28. The van der Waals surface area contributed by atoms with Gasteiger partial charge in [-0.05, 0) is 43.7 Å². The van der Waals surface area contributed by atoms with E-state index < -0.39 is 0 Å². The first-order chi connectivity index (χ1) is 10.3. The van der Waals surface area contributed by atoms with Crippen molar-refractivity contribution < 1.29 is 4.79 Å². The predicted molar refractivity (Wildman–Crippen MR) is 83.3 cm³/mol. The molecule has 0 bridgehead atoms. The lowest BCUT2D eigenvalue weighted by Crippen LogP contribution is -2.42. The number of nitriles is 1. The van der Waals surface area contributed by atoms with Crippen LogP contribution in [-0.2, 0) is 4.79 Å². The molecule has 0 radical (unpaired) electrons. The van der Waals surface area contributed by atoms with Crippen molar-refractivity contribution in [1.82, 2.24) is 10.2 Å². The zero-order valence-corrected chi connectivity index (χ0v) is 12.8. The smallest absolute Gasteiger partial charge is 0.239 e. The van der Waals surface area contributed by atoms with Crippen molar-refractivity contribution >= 4 is 22.2 Å². The Morgan fingerprint density at radius 2 is 2.38 bits per heavy atom.